The van der Waals surface area contributed by atoms with Gasteiger partial charge in [0.1, 0.15) is 11.8 Å². The maximum Gasteiger partial charge on any atom is 0.112 e. The van der Waals surface area contributed by atoms with E-state index >= 15 is 0 Å². The second-order valence-electron chi connectivity index (χ2n) is 3.69. The maximum atomic E-state index is 9.37. The van der Waals surface area contributed by atoms with Crippen LogP contribution in [0.3, 0.4) is 0 Å². The van der Waals surface area contributed by atoms with Gasteiger partial charge in [0.25, 0.3) is 0 Å². The Morgan fingerprint density at radius 2 is 1.89 bits per heavy atom. The van der Waals surface area contributed by atoms with Crippen LogP contribution >= 0.6 is 22.9 Å². The van der Waals surface area contributed by atoms with Gasteiger partial charge in [-0.15, -0.1) is 11.3 Å². The van der Waals surface area contributed by atoms with Crippen molar-refractivity contribution in [3.05, 3.63) is 53.4 Å². The number of thiophene rings is 1. The summed E-state index contributed by atoms with van der Waals surface area (Å²) in [4.78, 5) is 1.99. The van der Waals surface area contributed by atoms with Crippen molar-refractivity contribution in [3.63, 3.8) is 0 Å². The third-order valence-corrected chi connectivity index (χ3v) is 4.37. The minimum absolute atomic E-state index is 0.675. The van der Waals surface area contributed by atoms with Crippen molar-refractivity contribution < 1.29 is 0 Å². The summed E-state index contributed by atoms with van der Waals surface area (Å²) in [5.41, 5.74) is 2.53. The smallest absolute Gasteiger partial charge is 0.112 e. The molecular formula is C14H8N2S2. The Bertz CT molecular complexity index is 691. The number of hydrogen-bond donors (Lipinski definition) is 0. The quantitative estimate of drug-likeness (QED) is 0.690. The first-order valence-electron chi connectivity index (χ1n) is 5.39. The molecule has 0 saturated carbocycles. The van der Waals surface area contributed by atoms with Crippen LogP contribution in [-0.4, -0.2) is 4.37 Å². The minimum Gasteiger partial charge on any atom is -0.192 e. The molecule has 0 bridgehead atoms. The van der Waals surface area contributed by atoms with E-state index in [2.05, 4.69) is 10.4 Å². The van der Waals surface area contributed by atoms with E-state index in [4.69, 9.17) is 0 Å². The van der Waals surface area contributed by atoms with Crippen molar-refractivity contribution in [2.45, 2.75) is 0 Å². The van der Waals surface area contributed by atoms with Crippen LogP contribution in [-0.2, 0) is 0 Å². The molecule has 0 aliphatic heterocycles. The van der Waals surface area contributed by atoms with E-state index in [0.29, 0.717) is 5.56 Å². The molecular weight excluding hydrogens is 260 g/mol. The highest BCUT2D eigenvalue weighted by atomic mass is 32.1. The van der Waals surface area contributed by atoms with E-state index in [0.717, 1.165) is 21.0 Å². The Labute approximate surface area is 113 Å². The fourth-order valence-corrected chi connectivity index (χ4v) is 3.39. The lowest BCUT2D eigenvalue weighted by Crippen LogP contribution is -1.80. The molecule has 0 unspecified atom stereocenters. The van der Waals surface area contributed by atoms with Gasteiger partial charge in [-0.1, -0.05) is 36.4 Å². The Morgan fingerprint density at radius 1 is 1.06 bits per heavy atom. The molecule has 0 fully saturated rings. The molecule has 18 heavy (non-hydrogen) atoms. The molecule has 0 spiro atoms. The molecule has 1 aromatic carbocycles. The van der Waals surface area contributed by atoms with Gasteiger partial charge < -0.3 is 0 Å². The molecule has 0 radical (unpaired) electrons. The fraction of sp³-hybridized carbons (Fsp3) is 0. The van der Waals surface area contributed by atoms with Crippen molar-refractivity contribution in [1.82, 2.24) is 4.37 Å². The van der Waals surface area contributed by atoms with E-state index < -0.39 is 0 Å². The van der Waals surface area contributed by atoms with Crippen LogP contribution in [0.25, 0.3) is 21.0 Å². The van der Waals surface area contributed by atoms with E-state index in [9.17, 15) is 5.26 Å². The van der Waals surface area contributed by atoms with Gasteiger partial charge in [0.2, 0.25) is 0 Å². The lowest BCUT2D eigenvalue weighted by molar-refractivity contribution is 1.47. The molecule has 3 aromatic rings. The minimum atomic E-state index is 0.675. The van der Waals surface area contributed by atoms with Gasteiger partial charge in [-0.25, -0.2) is 0 Å². The van der Waals surface area contributed by atoms with E-state index in [1.165, 1.54) is 11.5 Å². The van der Waals surface area contributed by atoms with E-state index in [1.54, 1.807) is 11.3 Å². The molecule has 3 rings (SSSR count). The first-order chi connectivity index (χ1) is 8.90. The molecule has 0 atom stereocenters. The van der Waals surface area contributed by atoms with Crippen molar-refractivity contribution in [2.75, 3.05) is 0 Å². The monoisotopic (exact) mass is 268 g/mol. The number of aromatic nitrogens is 1. The van der Waals surface area contributed by atoms with Gasteiger partial charge in [0.15, 0.2) is 0 Å². The summed E-state index contributed by atoms with van der Waals surface area (Å²) in [7, 11) is 0. The normalized spacial score (nSPS) is 10.2. The van der Waals surface area contributed by atoms with Gasteiger partial charge in [-0.05, 0) is 28.5 Å². The molecule has 2 nitrogen and oxygen atoms in total. The summed E-state index contributed by atoms with van der Waals surface area (Å²) in [6.45, 7) is 0. The Hall–Kier alpha value is -1.96. The number of rotatable bonds is 2. The van der Waals surface area contributed by atoms with Crippen LogP contribution in [0.2, 0.25) is 0 Å². The second-order valence-corrected chi connectivity index (χ2v) is 5.41. The highest BCUT2D eigenvalue weighted by molar-refractivity contribution is 7.14. The lowest BCUT2D eigenvalue weighted by Gasteiger charge is -1.97. The van der Waals surface area contributed by atoms with Crippen molar-refractivity contribution >= 4 is 22.9 Å². The van der Waals surface area contributed by atoms with Crippen LogP contribution in [0.5, 0.6) is 0 Å². The molecule has 0 saturated heterocycles. The molecule has 0 N–H and O–H groups in total. The highest BCUT2D eigenvalue weighted by Crippen LogP contribution is 2.36. The van der Waals surface area contributed by atoms with Crippen LogP contribution in [0.15, 0.2) is 47.8 Å². The van der Waals surface area contributed by atoms with Gasteiger partial charge in [0, 0.05) is 0 Å². The standard InChI is InChI=1S/C14H8N2S2/c15-9-11-13(12-7-4-8-17-12)16-18-14(11)10-5-2-1-3-6-10/h1-8H. The predicted octanol–water partition coefficient (Wildman–Crippen LogP) is 4.41. The summed E-state index contributed by atoms with van der Waals surface area (Å²) in [6.07, 6.45) is 0. The number of hydrogen-bond acceptors (Lipinski definition) is 4. The summed E-state index contributed by atoms with van der Waals surface area (Å²) in [6, 6.07) is 16.2. The van der Waals surface area contributed by atoms with Crippen LogP contribution in [0, 0.1) is 11.3 Å². The summed E-state index contributed by atoms with van der Waals surface area (Å²) in [5, 5.41) is 11.4. The Kier molecular flexibility index (Phi) is 2.93. The zero-order chi connectivity index (χ0) is 12.4. The summed E-state index contributed by atoms with van der Waals surface area (Å²) >= 11 is 2.99. The number of nitrogens with zero attached hydrogens (tertiary/aromatic N) is 2. The van der Waals surface area contributed by atoms with E-state index in [-0.39, 0.29) is 0 Å². The van der Waals surface area contributed by atoms with Crippen molar-refractivity contribution in [1.29, 1.82) is 5.26 Å². The molecule has 86 valence electrons. The summed E-state index contributed by atoms with van der Waals surface area (Å²) < 4.78 is 4.44. The van der Waals surface area contributed by atoms with Gasteiger partial charge in [-0.2, -0.15) is 9.64 Å². The molecule has 0 aliphatic carbocycles. The molecule has 0 aliphatic rings. The summed E-state index contributed by atoms with van der Waals surface area (Å²) in [5.74, 6) is 0. The fourth-order valence-electron chi connectivity index (χ4n) is 1.76. The van der Waals surface area contributed by atoms with Crippen LogP contribution in [0.4, 0.5) is 0 Å². The third-order valence-electron chi connectivity index (χ3n) is 2.59. The number of benzene rings is 1. The lowest BCUT2D eigenvalue weighted by atomic mass is 10.1. The van der Waals surface area contributed by atoms with Crippen molar-refractivity contribution in [3.8, 4) is 27.1 Å². The Balaban J connectivity index is 2.17. The predicted molar refractivity (Wildman–Crippen MR) is 75.6 cm³/mol. The molecule has 2 heterocycles. The average molecular weight is 268 g/mol. The van der Waals surface area contributed by atoms with Gasteiger partial charge in [0.05, 0.1) is 15.3 Å². The van der Waals surface area contributed by atoms with E-state index in [1.807, 2.05) is 47.8 Å². The maximum absolute atomic E-state index is 9.37. The molecule has 2 aromatic heterocycles. The average Bonchev–Trinajstić information content (AvgIpc) is 3.08. The van der Waals surface area contributed by atoms with Gasteiger partial charge in [-0.3, -0.25) is 0 Å². The first kappa shape index (κ1) is 11.1. The molecule has 0 amide bonds. The topological polar surface area (TPSA) is 36.7 Å². The second kappa shape index (κ2) is 4.73. The number of nitriles is 1. The van der Waals surface area contributed by atoms with Crippen LogP contribution in [0.1, 0.15) is 5.56 Å². The van der Waals surface area contributed by atoms with Crippen molar-refractivity contribution in [2.24, 2.45) is 0 Å². The zero-order valence-corrected chi connectivity index (χ0v) is 11.0. The SMILES string of the molecule is N#Cc1c(-c2cccs2)nsc1-c1ccccc1. The van der Waals surface area contributed by atoms with Gasteiger partial charge >= 0.3 is 0 Å². The largest absolute Gasteiger partial charge is 0.192 e. The Morgan fingerprint density at radius 3 is 2.56 bits per heavy atom. The first-order valence-corrected chi connectivity index (χ1v) is 7.04. The third kappa shape index (κ3) is 1.84. The zero-order valence-electron chi connectivity index (χ0n) is 9.33. The highest BCUT2D eigenvalue weighted by Gasteiger charge is 2.16. The molecule has 4 heteroatoms. The van der Waals surface area contributed by atoms with Crippen LogP contribution < -0.4 is 0 Å².